The van der Waals surface area contributed by atoms with Crippen LogP contribution in [-0.2, 0) is 4.79 Å². The van der Waals surface area contributed by atoms with Gasteiger partial charge < -0.3 is 20.1 Å². The maximum absolute atomic E-state index is 12.1. The van der Waals surface area contributed by atoms with E-state index < -0.39 is 17.7 Å². The summed E-state index contributed by atoms with van der Waals surface area (Å²) in [5.74, 6) is -1.49. The molecule has 0 radical (unpaired) electrons. The fourth-order valence-electron chi connectivity index (χ4n) is 2.41. The molecule has 1 heterocycles. The van der Waals surface area contributed by atoms with E-state index in [1.807, 2.05) is 6.07 Å². The number of thiocarbonyl (C=S) groups is 1. The molecule has 0 aromatic heterocycles. The zero-order chi connectivity index (χ0) is 18.7. The lowest BCUT2D eigenvalue weighted by Crippen LogP contribution is -2.47. The SMILES string of the molecule is N#CC1(C(=O)O)CCN(C(=S)Nc2ccc(OC(F)(F)F)cc2)CC1. The molecule has 1 aromatic rings. The minimum absolute atomic E-state index is 0.138. The summed E-state index contributed by atoms with van der Waals surface area (Å²) in [6.45, 7) is 0.585. The van der Waals surface area contributed by atoms with E-state index in [2.05, 4.69) is 10.1 Å². The first-order valence-electron chi connectivity index (χ1n) is 7.22. The van der Waals surface area contributed by atoms with Crippen molar-refractivity contribution >= 4 is 29.0 Å². The van der Waals surface area contributed by atoms with Gasteiger partial charge in [0.05, 0.1) is 6.07 Å². The molecule has 1 aliphatic heterocycles. The molecule has 0 aliphatic carbocycles. The normalized spacial score (nSPS) is 16.6. The number of hydrogen-bond acceptors (Lipinski definition) is 4. The number of piperidine rings is 1. The number of ether oxygens (including phenoxy) is 1. The maximum atomic E-state index is 12.1. The quantitative estimate of drug-likeness (QED) is 0.788. The van der Waals surface area contributed by atoms with Gasteiger partial charge in [0.1, 0.15) is 5.75 Å². The van der Waals surface area contributed by atoms with E-state index in [9.17, 15) is 23.1 Å². The average Bonchev–Trinajstić information content (AvgIpc) is 2.55. The number of hydrogen-bond donors (Lipinski definition) is 2. The van der Waals surface area contributed by atoms with Crippen LogP contribution in [0.4, 0.5) is 18.9 Å². The van der Waals surface area contributed by atoms with Crippen LogP contribution in [-0.4, -0.2) is 40.5 Å². The van der Waals surface area contributed by atoms with E-state index in [4.69, 9.17) is 17.5 Å². The highest BCUT2D eigenvalue weighted by Crippen LogP contribution is 2.31. The lowest BCUT2D eigenvalue weighted by Gasteiger charge is -2.36. The van der Waals surface area contributed by atoms with Gasteiger partial charge >= 0.3 is 12.3 Å². The Kier molecular flexibility index (Phi) is 5.37. The van der Waals surface area contributed by atoms with Gasteiger partial charge in [-0.1, -0.05) is 0 Å². The Labute approximate surface area is 146 Å². The molecule has 0 amide bonds. The molecular weight excluding hydrogens is 359 g/mol. The van der Waals surface area contributed by atoms with Gasteiger partial charge in [-0.05, 0) is 49.3 Å². The van der Waals surface area contributed by atoms with Crippen LogP contribution in [0, 0.1) is 16.7 Å². The molecule has 134 valence electrons. The summed E-state index contributed by atoms with van der Waals surface area (Å²) in [5.41, 5.74) is -0.933. The van der Waals surface area contributed by atoms with Crippen molar-refractivity contribution < 1.29 is 27.8 Å². The third kappa shape index (κ3) is 4.73. The summed E-state index contributed by atoms with van der Waals surface area (Å²) < 4.78 is 40.1. The smallest absolute Gasteiger partial charge is 0.480 e. The molecule has 25 heavy (non-hydrogen) atoms. The van der Waals surface area contributed by atoms with Crippen LogP contribution >= 0.6 is 12.2 Å². The van der Waals surface area contributed by atoms with Crippen molar-refractivity contribution in [3.63, 3.8) is 0 Å². The molecule has 6 nitrogen and oxygen atoms in total. The summed E-state index contributed by atoms with van der Waals surface area (Å²) in [7, 11) is 0. The first kappa shape index (κ1) is 18.8. The molecule has 0 unspecified atom stereocenters. The van der Waals surface area contributed by atoms with Crippen molar-refractivity contribution in [3.8, 4) is 11.8 Å². The van der Waals surface area contributed by atoms with Gasteiger partial charge in [0.2, 0.25) is 0 Å². The number of nitriles is 1. The van der Waals surface area contributed by atoms with Gasteiger partial charge in [0.15, 0.2) is 10.5 Å². The predicted molar refractivity (Wildman–Crippen MR) is 85.8 cm³/mol. The van der Waals surface area contributed by atoms with Gasteiger partial charge in [0, 0.05) is 18.8 Å². The number of benzene rings is 1. The molecule has 1 aromatic carbocycles. The van der Waals surface area contributed by atoms with E-state index in [0.717, 1.165) is 12.1 Å². The van der Waals surface area contributed by atoms with Crippen LogP contribution in [0.5, 0.6) is 5.75 Å². The van der Waals surface area contributed by atoms with Gasteiger partial charge in [-0.15, -0.1) is 13.2 Å². The number of nitrogens with one attached hydrogen (secondary N) is 1. The van der Waals surface area contributed by atoms with Gasteiger partial charge in [-0.3, -0.25) is 4.79 Å². The number of nitrogens with zero attached hydrogens (tertiary/aromatic N) is 2. The summed E-state index contributed by atoms with van der Waals surface area (Å²) in [6, 6.07) is 6.93. The van der Waals surface area contributed by atoms with Crippen molar-refractivity contribution in [2.24, 2.45) is 5.41 Å². The number of carboxylic acid groups (broad SMARTS) is 1. The largest absolute Gasteiger partial charge is 0.573 e. The summed E-state index contributed by atoms with van der Waals surface area (Å²) in [6.07, 6.45) is -4.48. The second-order valence-corrected chi connectivity index (χ2v) is 5.88. The second-order valence-electron chi connectivity index (χ2n) is 5.49. The van der Waals surface area contributed by atoms with Crippen molar-refractivity contribution in [2.75, 3.05) is 18.4 Å². The molecule has 1 aliphatic rings. The van der Waals surface area contributed by atoms with Crippen LogP contribution in [0.1, 0.15) is 12.8 Å². The first-order valence-corrected chi connectivity index (χ1v) is 7.62. The van der Waals surface area contributed by atoms with Crippen molar-refractivity contribution in [3.05, 3.63) is 24.3 Å². The fourth-order valence-corrected chi connectivity index (χ4v) is 2.71. The van der Waals surface area contributed by atoms with E-state index >= 15 is 0 Å². The molecule has 2 N–H and O–H groups in total. The Morgan fingerprint density at radius 3 is 2.32 bits per heavy atom. The molecule has 0 saturated carbocycles. The third-order valence-corrected chi connectivity index (χ3v) is 4.23. The molecule has 10 heteroatoms. The van der Waals surface area contributed by atoms with Crippen molar-refractivity contribution in [1.82, 2.24) is 4.90 Å². The van der Waals surface area contributed by atoms with Gasteiger partial charge in [0.25, 0.3) is 0 Å². The highest BCUT2D eigenvalue weighted by molar-refractivity contribution is 7.80. The van der Waals surface area contributed by atoms with Crippen LogP contribution in [0.3, 0.4) is 0 Å². The van der Waals surface area contributed by atoms with E-state index in [0.29, 0.717) is 23.9 Å². The Hall–Kier alpha value is -2.54. The number of likely N-dealkylation sites (tertiary alicyclic amines) is 1. The molecule has 2 rings (SSSR count). The monoisotopic (exact) mass is 373 g/mol. The Bertz CT molecular complexity index is 693. The number of carboxylic acids is 1. The maximum Gasteiger partial charge on any atom is 0.573 e. The molecule has 0 atom stereocenters. The van der Waals surface area contributed by atoms with Gasteiger partial charge in [-0.25, -0.2) is 0 Å². The van der Waals surface area contributed by atoms with Crippen molar-refractivity contribution in [2.45, 2.75) is 19.2 Å². The second kappa shape index (κ2) is 7.14. The van der Waals surface area contributed by atoms with Gasteiger partial charge in [-0.2, -0.15) is 5.26 Å². The Balaban J connectivity index is 1.93. The average molecular weight is 373 g/mol. The minimum atomic E-state index is -4.75. The number of rotatable bonds is 3. The molecule has 1 fully saturated rings. The third-order valence-electron chi connectivity index (χ3n) is 3.87. The molecular formula is C15H14F3N3O3S. The summed E-state index contributed by atoms with van der Waals surface area (Å²) in [4.78, 5) is 12.9. The van der Waals surface area contributed by atoms with Crippen molar-refractivity contribution in [1.29, 1.82) is 5.26 Å². The standard InChI is InChI=1S/C15H14F3N3O3S/c16-15(17,18)24-11-3-1-10(2-4-11)20-13(25)21-7-5-14(9-19,6-8-21)12(22)23/h1-4H,5-8H2,(H,20,25)(H,22,23). The van der Waals surface area contributed by atoms with Crippen LogP contribution in [0.15, 0.2) is 24.3 Å². The summed E-state index contributed by atoms with van der Waals surface area (Å²) in [5, 5.41) is 21.4. The van der Waals surface area contributed by atoms with Crippen LogP contribution in [0.2, 0.25) is 0 Å². The summed E-state index contributed by atoms with van der Waals surface area (Å²) >= 11 is 5.23. The first-order chi connectivity index (χ1) is 11.6. The number of alkyl halides is 3. The molecule has 0 bridgehead atoms. The van der Waals surface area contributed by atoms with Crippen LogP contribution in [0.25, 0.3) is 0 Å². The minimum Gasteiger partial charge on any atom is -0.480 e. The van der Waals surface area contributed by atoms with E-state index in [-0.39, 0.29) is 18.6 Å². The Morgan fingerprint density at radius 1 is 1.32 bits per heavy atom. The highest BCUT2D eigenvalue weighted by Gasteiger charge is 2.42. The van der Waals surface area contributed by atoms with E-state index in [1.165, 1.54) is 12.1 Å². The fraction of sp³-hybridized carbons (Fsp3) is 0.400. The number of anilines is 1. The predicted octanol–water partition coefficient (Wildman–Crippen LogP) is 2.97. The Morgan fingerprint density at radius 2 is 1.88 bits per heavy atom. The number of carbonyl (C=O) groups is 1. The number of aliphatic carboxylic acids is 1. The van der Waals surface area contributed by atoms with E-state index in [1.54, 1.807) is 4.90 Å². The lowest BCUT2D eigenvalue weighted by molar-refractivity contribution is -0.274. The van der Waals surface area contributed by atoms with Crippen LogP contribution < -0.4 is 10.1 Å². The zero-order valence-corrected chi connectivity index (χ0v) is 13.7. The zero-order valence-electron chi connectivity index (χ0n) is 12.8. The molecule has 0 spiro atoms. The topological polar surface area (TPSA) is 85.6 Å². The highest BCUT2D eigenvalue weighted by atomic mass is 32.1. The lowest BCUT2D eigenvalue weighted by atomic mass is 9.80. The number of halogens is 3. The molecule has 1 saturated heterocycles.